The molecule has 27 heavy (non-hydrogen) atoms. The number of methoxy groups -OCH3 is 1. The second-order valence-electron chi connectivity index (χ2n) is 6.50. The number of hydrogen-bond donors (Lipinski definition) is 1. The van der Waals surface area contributed by atoms with E-state index in [0.717, 1.165) is 30.9 Å². The lowest BCUT2D eigenvalue weighted by molar-refractivity contribution is 0.147. The Labute approximate surface area is 161 Å². The molecular formula is C18H29N3O5S. The Bertz CT molecular complexity index is 693. The number of rotatable bonds is 8. The highest BCUT2D eigenvalue weighted by atomic mass is 32.2. The summed E-state index contributed by atoms with van der Waals surface area (Å²) in [5.41, 5.74) is 1.12. The van der Waals surface area contributed by atoms with Gasteiger partial charge < -0.3 is 24.6 Å². The van der Waals surface area contributed by atoms with Crippen molar-refractivity contribution in [1.29, 1.82) is 0 Å². The molecule has 0 unspecified atom stereocenters. The number of sulfone groups is 1. The average molecular weight is 400 g/mol. The van der Waals surface area contributed by atoms with Gasteiger partial charge in [-0.25, -0.2) is 13.2 Å². The van der Waals surface area contributed by atoms with E-state index in [4.69, 9.17) is 9.47 Å². The van der Waals surface area contributed by atoms with Crippen LogP contribution in [0.15, 0.2) is 24.3 Å². The van der Waals surface area contributed by atoms with Gasteiger partial charge in [-0.3, -0.25) is 0 Å². The molecule has 9 heteroatoms. The zero-order chi connectivity index (χ0) is 19.7. The molecule has 0 aromatic heterocycles. The molecule has 1 aromatic rings. The molecular weight excluding hydrogens is 370 g/mol. The van der Waals surface area contributed by atoms with Crippen LogP contribution in [-0.4, -0.2) is 84.4 Å². The summed E-state index contributed by atoms with van der Waals surface area (Å²) in [6, 6.07) is 7.83. The first-order valence-electron chi connectivity index (χ1n) is 9.06. The number of amides is 2. The fraction of sp³-hybridized carbons (Fsp3) is 0.611. The van der Waals surface area contributed by atoms with Gasteiger partial charge in [-0.2, -0.15) is 0 Å². The van der Waals surface area contributed by atoms with Crippen LogP contribution < -0.4 is 15.0 Å². The van der Waals surface area contributed by atoms with E-state index in [1.165, 1.54) is 6.26 Å². The number of benzene rings is 1. The van der Waals surface area contributed by atoms with Gasteiger partial charge in [0.1, 0.15) is 15.6 Å². The molecule has 1 aromatic carbocycles. The predicted molar refractivity (Wildman–Crippen MR) is 105 cm³/mol. The maximum atomic E-state index is 12.3. The van der Waals surface area contributed by atoms with Crippen molar-refractivity contribution >= 4 is 21.6 Å². The van der Waals surface area contributed by atoms with Crippen molar-refractivity contribution in [2.24, 2.45) is 0 Å². The summed E-state index contributed by atoms with van der Waals surface area (Å²) >= 11 is 0. The fourth-order valence-electron chi connectivity index (χ4n) is 2.83. The third kappa shape index (κ3) is 7.64. The van der Waals surface area contributed by atoms with Crippen LogP contribution >= 0.6 is 0 Å². The Kier molecular flexibility index (Phi) is 8.18. The van der Waals surface area contributed by atoms with E-state index in [2.05, 4.69) is 10.2 Å². The van der Waals surface area contributed by atoms with Crippen LogP contribution in [0, 0.1) is 0 Å². The molecule has 1 heterocycles. The van der Waals surface area contributed by atoms with E-state index >= 15 is 0 Å². The second-order valence-corrected chi connectivity index (χ2v) is 8.76. The summed E-state index contributed by atoms with van der Waals surface area (Å²) < 4.78 is 32.4. The van der Waals surface area contributed by atoms with Gasteiger partial charge in [0.2, 0.25) is 0 Å². The quantitative estimate of drug-likeness (QED) is 0.656. The molecule has 8 nitrogen and oxygen atoms in total. The first-order chi connectivity index (χ1) is 12.9. The molecule has 0 bridgehead atoms. The van der Waals surface area contributed by atoms with Crippen LogP contribution in [0.3, 0.4) is 0 Å². The zero-order valence-corrected chi connectivity index (χ0v) is 16.8. The molecule has 0 radical (unpaired) electrons. The van der Waals surface area contributed by atoms with Crippen molar-refractivity contribution in [2.75, 3.05) is 70.0 Å². The Morgan fingerprint density at radius 2 is 1.85 bits per heavy atom. The van der Waals surface area contributed by atoms with Gasteiger partial charge in [0.05, 0.1) is 26.1 Å². The van der Waals surface area contributed by atoms with Gasteiger partial charge in [0.15, 0.2) is 0 Å². The Hall–Kier alpha value is -2.00. The molecule has 1 N–H and O–H groups in total. The summed E-state index contributed by atoms with van der Waals surface area (Å²) in [5, 5.41) is 2.82. The lowest BCUT2D eigenvalue weighted by atomic mass is 10.2. The normalized spacial score (nSPS) is 15.3. The van der Waals surface area contributed by atoms with Gasteiger partial charge in [-0.05, 0) is 30.7 Å². The summed E-state index contributed by atoms with van der Waals surface area (Å²) in [6.07, 6.45) is 2.07. The Morgan fingerprint density at radius 3 is 2.52 bits per heavy atom. The van der Waals surface area contributed by atoms with Gasteiger partial charge in [-0.1, -0.05) is 0 Å². The predicted octanol–water partition coefficient (Wildman–Crippen LogP) is 0.978. The number of nitrogens with one attached hydrogen (secondary N) is 1. The number of carbonyl (C=O) groups is 1. The smallest absolute Gasteiger partial charge is 0.317 e. The Morgan fingerprint density at radius 1 is 1.11 bits per heavy atom. The highest BCUT2D eigenvalue weighted by Gasteiger charge is 2.19. The number of urea groups is 1. The van der Waals surface area contributed by atoms with E-state index in [1.807, 2.05) is 24.3 Å². The van der Waals surface area contributed by atoms with Crippen molar-refractivity contribution in [3.63, 3.8) is 0 Å². The minimum Gasteiger partial charge on any atom is -0.497 e. The van der Waals surface area contributed by atoms with Crippen molar-refractivity contribution in [3.05, 3.63) is 24.3 Å². The molecule has 2 amide bonds. The van der Waals surface area contributed by atoms with Crippen molar-refractivity contribution < 1.29 is 22.7 Å². The standard InChI is InChI=1S/C18H29N3O5S/c1-25-17-6-4-16(5-7-17)20-9-3-10-21(12-11-20)18(22)19-8-13-26-14-15-27(2,23)24/h4-7H,3,8-15H2,1-2H3,(H,19,22). The monoisotopic (exact) mass is 399 g/mol. The van der Waals surface area contributed by atoms with Gasteiger partial charge in [0.25, 0.3) is 0 Å². The highest BCUT2D eigenvalue weighted by Crippen LogP contribution is 2.20. The van der Waals surface area contributed by atoms with Crippen molar-refractivity contribution in [1.82, 2.24) is 10.2 Å². The third-order valence-electron chi connectivity index (χ3n) is 4.34. The Balaban J connectivity index is 1.70. The molecule has 152 valence electrons. The third-order valence-corrected chi connectivity index (χ3v) is 5.25. The number of anilines is 1. The molecule has 1 aliphatic heterocycles. The van der Waals surface area contributed by atoms with Gasteiger partial charge in [0, 0.05) is 44.7 Å². The summed E-state index contributed by atoms with van der Waals surface area (Å²) in [6.45, 7) is 3.82. The minimum absolute atomic E-state index is 0.00569. The van der Waals surface area contributed by atoms with E-state index in [0.29, 0.717) is 26.2 Å². The van der Waals surface area contributed by atoms with Crippen LogP contribution in [0.4, 0.5) is 10.5 Å². The number of nitrogens with zero attached hydrogens (tertiary/aromatic N) is 2. The number of hydrogen-bond acceptors (Lipinski definition) is 6. The molecule has 2 rings (SSSR count). The second kappa shape index (κ2) is 10.4. The van der Waals surface area contributed by atoms with E-state index < -0.39 is 9.84 Å². The molecule has 0 aliphatic carbocycles. The van der Waals surface area contributed by atoms with Crippen molar-refractivity contribution in [3.8, 4) is 5.75 Å². The summed E-state index contributed by atoms with van der Waals surface area (Å²) in [7, 11) is -1.37. The number of ether oxygens (including phenoxy) is 2. The van der Waals surface area contributed by atoms with Gasteiger partial charge >= 0.3 is 6.03 Å². The van der Waals surface area contributed by atoms with E-state index in [-0.39, 0.29) is 18.4 Å². The first kappa shape index (κ1) is 21.3. The fourth-order valence-corrected chi connectivity index (χ4v) is 3.25. The topological polar surface area (TPSA) is 88.2 Å². The molecule has 1 saturated heterocycles. The summed E-state index contributed by atoms with van der Waals surface area (Å²) in [4.78, 5) is 16.4. The largest absolute Gasteiger partial charge is 0.497 e. The molecule has 0 spiro atoms. The first-order valence-corrected chi connectivity index (χ1v) is 11.1. The van der Waals surface area contributed by atoms with E-state index in [9.17, 15) is 13.2 Å². The van der Waals surface area contributed by atoms with Gasteiger partial charge in [-0.15, -0.1) is 0 Å². The van der Waals surface area contributed by atoms with Crippen LogP contribution in [0.1, 0.15) is 6.42 Å². The maximum absolute atomic E-state index is 12.3. The maximum Gasteiger partial charge on any atom is 0.317 e. The minimum atomic E-state index is -3.01. The average Bonchev–Trinajstić information content (AvgIpc) is 2.90. The zero-order valence-electron chi connectivity index (χ0n) is 16.0. The lowest BCUT2D eigenvalue weighted by Gasteiger charge is -2.24. The molecule has 0 saturated carbocycles. The molecule has 1 aliphatic rings. The van der Waals surface area contributed by atoms with Crippen molar-refractivity contribution in [2.45, 2.75) is 6.42 Å². The van der Waals surface area contributed by atoms with Crippen LogP contribution in [0.2, 0.25) is 0 Å². The summed E-state index contributed by atoms with van der Waals surface area (Å²) in [5.74, 6) is 0.821. The highest BCUT2D eigenvalue weighted by molar-refractivity contribution is 7.90. The van der Waals surface area contributed by atoms with E-state index in [1.54, 1.807) is 12.0 Å². The molecule has 1 fully saturated rings. The van der Waals surface area contributed by atoms with Crippen LogP contribution in [-0.2, 0) is 14.6 Å². The molecule has 0 atom stereocenters. The SMILES string of the molecule is COc1ccc(N2CCCN(C(=O)NCCOCCS(C)(=O)=O)CC2)cc1. The lowest BCUT2D eigenvalue weighted by Crippen LogP contribution is -2.43. The number of carbonyl (C=O) groups excluding carboxylic acids is 1. The van der Waals surface area contributed by atoms with Crippen LogP contribution in [0.25, 0.3) is 0 Å². The van der Waals surface area contributed by atoms with Crippen LogP contribution in [0.5, 0.6) is 5.75 Å².